The van der Waals surface area contributed by atoms with E-state index in [9.17, 15) is 24.3 Å². The Morgan fingerprint density at radius 3 is 1.98 bits per heavy atom. The summed E-state index contributed by atoms with van der Waals surface area (Å²) in [6.45, 7) is 17.3. The van der Waals surface area contributed by atoms with Gasteiger partial charge in [0, 0.05) is 24.7 Å². The van der Waals surface area contributed by atoms with Crippen molar-refractivity contribution in [1.82, 2.24) is 4.90 Å². The fraction of sp³-hybridized carbons (Fsp3) is 0.722. The van der Waals surface area contributed by atoms with Crippen molar-refractivity contribution in [2.24, 2.45) is 29.6 Å². The molecular formula is C36H65NO7. The molecule has 0 spiro atoms. The zero-order valence-electron chi connectivity index (χ0n) is 25.8. The number of hydrogen-bond acceptors (Lipinski definition) is 7. The SMILES string of the molecule is C.C.C.C.CCC(C)c1ccc(O)c(OC(C)=O)c1.CCC1(OC(=O)CN2C(=O)C(C)C(C)C2=O)CC(C)CCC1C(C)C. The average Bonchev–Trinajstić information content (AvgIpc) is 3.07. The number of phenols is 1. The molecule has 0 radical (unpaired) electrons. The Bertz CT molecular complexity index is 1050. The number of esters is 2. The molecule has 6 atom stereocenters. The number of hydrogen-bond donors (Lipinski definition) is 1. The fourth-order valence-corrected chi connectivity index (χ4v) is 5.99. The summed E-state index contributed by atoms with van der Waals surface area (Å²) >= 11 is 0. The zero-order chi connectivity index (χ0) is 30.4. The number of nitrogens with zero attached hydrogens (tertiary/aromatic N) is 1. The van der Waals surface area contributed by atoms with Crippen LogP contribution in [0.2, 0.25) is 0 Å². The number of imide groups is 1. The maximum absolute atomic E-state index is 12.6. The van der Waals surface area contributed by atoms with Crippen molar-refractivity contribution >= 4 is 23.8 Å². The van der Waals surface area contributed by atoms with Crippen molar-refractivity contribution in [2.45, 2.75) is 136 Å². The predicted octanol–water partition coefficient (Wildman–Crippen LogP) is 8.79. The Hall–Kier alpha value is -2.90. The van der Waals surface area contributed by atoms with Crippen LogP contribution in [0, 0.1) is 29.6 Å². The zero-order valence-corrected chi connectivity index (χ0v) is 25.8. The average molecular weight is 624 g/mol. The quantitative estimate of drug-likeness (QED) is 0.175. The third kappa shape index (κ3) is 10.9. The van der Waals surface area contributed by atoms with E-state index in [4.69, 9.17) is 9.47 Å². The van der Waals surface area contributed by atoms with Gasteiger partial charge in [-0.1, -0.05) is 97.6 Å². The first-order chi connectivity index (χ1) is 18.7. The monoisotopic (exact) mass is 623 g/mol. The van der Waals surface area contributed by atoms with Gasteiger partial charge in [0.1, 0.15) is 12.1 Å². The molecule has 1 saturated heterocycles. The first-order valence-corrected chi connectivity index (χ1v) is 14.8. The van der Waals surface area contributed by atoms with Crippen molar-refractivity contribution in [1.29, 1.82) is 0 Å². The van der Waals surface area contributed by atoms with Gasteiger partial charge in [0.2, 0.25) is 11.8 Å². The molecule has 1 aromatic rings. The summed E-state index contributed by atoms with van der Waals surface area (Å²) in [7, 11) is 0. The molecule has 2 fully saturated rings. The summed E-state index contributed by atoms with van der Waals surface area (Å²) in [4.78, 5) is 49.0. The maximum atomic E-state index is 12.6. The second-order valence-corrected chi connectivity index (χ2v) is 12.1. The van der Waals surface area contributed by atoms with E-state index < -0.39 is 17.5 Å². The van der Waals surface area contributed by atoms with Crippen LogP contribution in [0.4, 0.5) is 0 Å². The smallest absolute Gasteiger partial charge is 0.326 e. The van der Waals surface area contributed by atoms with Gasteiger partial charge >= 0.3 is 11.9 Å². The van der Waals surface area contributed by atoms with Gasteiger partial charge in [-0.15, -0.1) is 0 Å². The minimum absolute atomic E-state index is 0. The van der Waals surface area contributed by atoms with Crippen molar-refractivity contribution in [3.63, 3.8) is 0 Å². The van der Waals surface area contributed by atoms with Crippen LogP contribution in [0.25, 0.3) is 0 Å². The number of rotatable bonds is 8. The van der Waals surface area contributed by atoms with Gasteiger partial charge < -0.3 is 14.6 Å². The lowest BCUT2D eigenvalue weighted by molar-refractivity contribution is -0.180. The molecular weight excluding hydrogens is 558 g/mol. The summed E-state index contributed by atoms with van der Waals surface area (Å²) in [6, 6.07) is 5.11. The van der Waals surface area contributed by atoms with Crippen molar-refractivity contribution in [2.75, 3.05) is 6.54 Å². The summed E-state index contributed by atoms with van der Waals surface area (Å²) in [5.74, 6) is -0.255. The Labute approximate surface area is 269 Å². The molecule has 3 rings (SSSR count). The van der Waals surface area contributed by atoms with Crippen molar-refractivity contribution in [3.05, 3.63) is 23.8 Å². The molecule has 0 bridgehead atoms. The summed E-state index contributed by atoms with van der Waals surface area (Å²) in [6.07, 6.45) is 4.83. The molecule has 1 aliphatic heterocycles. The summed E-state index contributed by atoms with van der Waals surface area (Å²) < 4.78 is 10.9. The topological polar surface area (TPSA) is 110 Å². The molecule has 256 valence electrons. The van der Waals surface area contributed by atoms with E-state index in [1.54, 1.807) is 26.0 Å². The highest BCUT2D eigenvalue weighted by Crippen LogP contribution is 2.45. The number of benzene rings is 1. The highest BCUT2D eigenvalue weighted by atomic mass is 16.6. The Morgan fingerprint density at radius 2 is 1.52 bits per heavy atom. The molecule has 8 nitrogen and oxygen atoms in total. The minimum Gasteiger partial charge on any atom is -0.504 e. The van der Waals surface area contributed by atoms with Gasteiger partial charge in [-0.05, 0) is 61.1 Å². The van der Waals surface area contributed by atoms with E-state index >= 15 is 0 Å². The van der Waals surface area contributed by atoms with Gasteiger partial charge in [-0.3, -0.25) is 24.1 Å². The molecule has 1 aliphatic carbocycles. The van der Waals surface area contributed by atoms with Gasteiger partial charge in [0.05, 0.1) is 0 Å². The van der Waals surface area contributed by atoms with E-state index in [1.165, 1.54) is 6.92 Å². The van der Waals surface area contributed by atoms with Crippen LogP contribution in [0.15, 0.2) is 18.2 Å². The molecule has 1 heterocycles. The number of phenolic OH excluding ortho intramolecular Hbond substituents is 1. The highest BCUT2D eigenvalue weighted by molar-refractivity contribution is 6.06. The van der Waals surface area contributed by atoms with E-state index in [2.05, 4.69) is 41.5 Å². The molecule has 1 aromatic carbocycles. The minimum atomic E-state index is -0.480. The largest absolute Gasteiger partial charge is 0.504 e. The normalized spacial score (nSPS) is 24.7. The molecule has 44 heavy (non-hydrogen) atoms. The van der Waals surface area contributed by atoms with E-state index in [1.807, 2.05) is 6.07 Å². The molecule has 6 unspecified atom stereocenters. The second-order valence-electron chi connectivity index (χ2n) is 12.1. The highest BCUT2D eigenvalue weighted by Gasteiger charge is 2.48. The van der Waals surface area contributed by atoms with Gasteiger partial charge in [-0.2, -0.15) is 0 Å². The second kappa shape index (κ2) is 19.5. The third-order valence-electron chi connectivity index (χ3n) is 8.83. The van der Waals surface area contributed by atoms with Crippen LogP contribution < -0.4 is 4.74 Å². The number of ether oxygens (including phenoxy) is 2. The van der Waals surface area contributed by atoms with E-state index in [0.717, 1.165) is 42.6 Å². The van der Waals surface area contributed by atoms with Gasteiger partial charge in [0.25, 0.3) is 0 Å². The lowest BCUT2D eigenvalue weighted by atomic mass is 9.66. The van der Waals surface area contributed by atoms with Crippen LogP contribution in [-0.4, -0.2) is 45.9 Å². The molecule has 0 aromatic heterocycles. The van der Waals surface area contributed by atoms with Crippen LogP contribution in [-0.2, 0) is 23.9 Å². The van der Waals surface area contributed by atoms with Crippen LogP contribution in [0.3, 0.4) is 0 Å². The van der Waals surface area contributed by atoms with Crippen molar-refractivity contribution < 1.29 is 33.8 Å². The standard InChI is InChI=1S/C20H33NO4.C12H16O3.4CH4/c1-7-20(10-13(4)8-9-16(20)12(2)3)25-17(22)11-21-18(23)14(5)15(6)19(21)24;1-4-8(2)10-5-6-11(14)12(7-10)15-9(3)13;;;;/h12-16H,7-11H2,1-6H3;5-8,14H,4H2,1-3H3;4*1H4. The Morgan fingerprint density at radius 1 is 0.977 bits per heavy atom. The Kier molecular flexibility index (Phi) is 20.2. The fourth-order valence-electron chi connectivity index (χ4n) is 5.99. The first-order valence-electron chi connectivity index (χ1n) is 14.8. The number of aromatic hydroxyl groups is 1. The van der Waals surface area contributed by atoms with Crippen LogP contribution in [0.1, 0.15) is 136 Å². The number of carbonyl (C=O) groups excluding carboxylic acids is 4. The van der Waals surface area contributed by atoms with Gasteiger partial charge in [-0.25, -0.2) is 0 Å². The van der Waals surface area contributed by atoms with Gasteiger partial charge in [0.15, 0.2) is 11.5 Å². The predicted molar refractivity (Wildman–Crippen MR) is 181 cm³/mol. The van der Waals surface area contributed by atoms with Crippen molar-refractivity contribution in [3.8, 4) is 11.5 Å². The molecule has 2 amide bonds. The third-order valence-corrected chi connectivity index (χ3v) is 8.83. The lowest BCUT2D eigenvalue weighted by Gasteiger charge is -2.47. The number of likely N-dealkylation sites (tertiary alicyclic amines) is 1. The van der Waals surface area contributed by atoms with Crippen LogP contribution >= 0.6 is 0 Å². The molecule has 1 saturated carbocycles. The molecule has 1 N–H and O–H groups in total. The van der Waals surface area contributed by atoms with E-state index in [0.29, 0.717) is 23.7 Å². The Balaban J connectivity index is -0.000000773. The van der Waals surface area contributed by atoms with E-state index in [-0.39, 0.29) is 71.4 Å². The summed E-state index contributed by atoms with van der Waals surface area (Å²) in [5.41, 5.74) is 0.581. The van der Waals surface area contributed by atoms with Crippen LogP contribution in [0.5, 0.6) is 11.5 Å². The molecule has 8 heteroatoms. The maximum Gasteiger partial charge on any atom is 0.326 e. The molecule has 2 aliphatic rings. The first kappa shape index (κ1) is 45.5. The lowest BCUT2D eigenvalue weighted by Crippen LogP contribution is -2.50. The summed E-state index contributed by atoms with van der Waals surface area (Å²) in [5, 5.41) is 9.46. The number of carbonyl (C=O) groups is 4. The number of amides is 2.